The van der Waals surface area contributed by atoms with Gasteiger partial charge in [0.1, 0.15) is 0 Å². The number of nitrogens with zero attached hydrogens (tertiary/aromatic N) is 4. The molecule has 50 heavy (non-hydrogen) atoms. The van der Waals surface area contributed by atoms with Crippen LogP contribution in [0.1, 0.15) is 60.3 Å². The van der Waals surface area contributed by atoms with E-state index in [9.17, 15) is 14.7 Å². The third-order valence-corrected chi connectivity index (χ3v) is 9.35. The first kappa shape index (κ1) is 34.9. The molecule has 4 aromatic carbocycles. The minimum Gasteiger partial charge on any atom is -0.392 e. The lowest BCUT2D eigenvalue weighted by Crippen LogP contribution is -2.31. The summed E-state index contributed by atoms with van der Waals surface area (Å²) >= 11 is 1.53. The lowest BCUT2D eigenvalue weighted by atomic mass is 9.99. The Balaban J connectivity index is 1.17. The standard InChI is InChI=1S/C37H38N6O6S/c44-23-25-15-17-27(18-16-25)33-21-32(24-50-37-39-41-42-43(37)31-11-2-1-3-12-31)48-36(49-33)30-10-5-9-29(20-30)28-8-4-7-26(19-28)22-38-34(45)13-6-14-35(46)40-47/h1-5,7-12,15-20,32-33,36,44,47H,6,13-14,21-24H2,(H,38,45)(H,40,46). The summed E-state index contributed by atoms with van der Waals surface area (Å²) < 4.78 is 14.9. The fourth-order valence-electron chi connectivity index (χ4n) is 5.67. The van der Waals surface area contributed by atoms with E-state index in [1.807, 2.05) is 97.1 Å². The second-order valence-corrected chi connectivity index (χ2v) is 12.8. The number of aromatic nitrogens is 4. The molecule has 0 radical (unpaired) electrons. The number of amides is 2. The number of benzene rings is 4. The molecule has 4 N–H and O–H groups in total. The van der Waals surface area contributed by atoms with Crippen molar-refractivity contribution in [2.45, 2.75) is 62.5 Å². The highest BCUT2D eigenvalue weighted by Crippen LogP contribution is 2.40. The second kappa shape index (κ2) is 17.1. The molecule has 0 spiro atoms. The first-order valence-electron chi connectivity index (χ1n) is 16.3. The first-order valence-corrected chi connectivity index (χ1v) is 17.3. The molecule has 5 aromatic rings. The summed E-state index contributed by atoms with van der Waals surface area (Å²) in [5, 5.41) is 34.1. The predicted molar refractivity (Wildman–Crippen MR) is 186 cm³/mol. The molecule has 6 rings (SSSR count). The van der Waals surface area contributed by atoms with Gasteiger partial charge in [-0.3, -0.25) is 14.8 Å². The van der Waals surface area contributed by atoms with E-state index >= 15 is 0 Å². The number of carbonyl (C=O) groups is 2. The highest BCUT2D eigenvalue weighted by molar-refractivity contribution is 7.99. The average Bonchev–Trinajstić information content (AvgIpc) is 3.65. The van der Waals surface area contributed by atoms with E-state index in [1.54, 1.807) is 10.2 Å². The molecule has 1 saturated heterocycles. The smallest absolute Gasteiger partial charge is 0.243 e. The minimum atomic E-state index is -0.641. The van der Waals surface area contributed by atoms with E-state index in [2.05, 4.69) is 26.9 Å². The maximum atomic E-state index is 12.3. The van der Waals surface area contributed by atoms with Crippen LogP contribution < -0.4 is 10.8 Å². The molecule has 0 bridgehead atoms. The lowest BCUT2D eigenvalue weighted by Gasteiger charge is -2.36. The van der Waals surface area contributed by atoms with E-state index in [0.717, 1.165) is 39.1 Å². The average molecular weight is 695 g/mol. The number of aliphatic hydroxyl groups excluding tert-OH is 1. The van der Waals surface area contributed by atoms with Gasteiger partial charge in [0.05, 0.1) is 24.5 Å². The number of ether oxygens (including phenoxy) is 2. The van der Waals surface area contributed by atoms with Gasteiger partial charge in [-0.05, 0) is 68.9 Å². The van der Waals surface area contributed by atoms with Crippen LogP contribution in [0.5, 0.6) is 0 Å². The van der Waals surface area contributed by atoms with Crippen molar-refractivity contribution in [3.05, 3.63) is 125 Å². The van der Waals surface area contributed by atoms with Crippen LogP contribution in [0.25, 0.3) is 16.8 Å². The molecular weight excluding hydrogens is 657 g/mol. The van der Waals surface area contributed by atoms with Crippen LogP contribution in [-0.4, -0.2) is 54.2 Å². The number of hydroxylamine groups is 1. The zero-order valence-corrected chi connectivity index (χ0v) is 28.0. The molecule has 1 aliphatic heterocycles. The van der Waals surface area contributed by atoms with Gasteiger partial charge in [0, 0.05) is 37.1 Å². The molecule has 2 amide bonds. The molecule has 2 heterocycles. The maximum Gasteiger partial charge on any atom is 0.243 e. The van der Waals surface area contributed by atoms with Gasteiger partial charge < -0.3 is 19.9 Å². The monoisotopic (exact) mass is 694 g/mol. The molecular formula is C37H38N6O6S. The molecule has 3 unspecified atom stereocenters. The first-order chi connectivity index (χ1) is 24.5. The number of carbonyl (C=O) groups excluding carboxylic acids is 2. The van der Waals surface area contributed by atoms with Gasteiger partial charge in [-0.1, -0.05) is 90.6 Å². The molecule has 0 saturated carbocycles. The number of hydrogen-bond acceptors (Lipinski definition) is 10. The molecule has 1 aliphatic rings. The number of tetrazole rings is 1. The van der Waals surface area contributed by atoms with Crippen molar-refractivity contribution in [3.63, 3.8) is 0 Å². The third kappa shape index (κ3) is 9.20. The minimum absolute atomic E-state index is 0.0290. The molecule has 1 aromatic heterocycles. The highest BCUT2D eigenvalue weighted by Gasteiger charge is 2.33. The Labute approximate surface area is 293 Å². The Morgan fingerprint density at radius 3 is 2.38 bits per heavy atom. The fourth-order valence-corrected chi connectivity index (χ4v) is 6.58. The van der Waals surface area contributed by atoms with Crippen LogP contribution in [0.4, 0.5) is 0 Å². The van der Waals surface area contributed by atoms with Crippen LogP contribution in [0.15, 0.2) is 108 Å². The van der Waals surface area contributed by atoms with E-state index in [-0.39, 0.29) is 37.6 Å². The Bertz CT molecular complexity index is 1870. The van der Waals surface area contributed by atoms with Gasteiger partial charge in [-0.25, -0.2) is 5.48 Å². The van der Waals surface area contributed by atoms with E-state index in [0.29, 0.717) is 30.3 Å². The Morgan fingerprint density at radius 2 is 1.60 bits per heavy atom. The summed E-state index contributed by atoms with van der Waals surface area (Å²) in [6.07, 6.45) is 0.162. The van der Waals surface area contributed by atoms with Crippen LogP contribution in [0.3, 0.4) is 0 Å². The van der Waals surface area contributed by atoms with Gasteiger partial charge in [0.25, 0.3) is 0 Å². The van der Waals surface area contributed by atoms with Crippen molar-refractivity contribution in [2.75, 3.05) is 5.75 Å². The largest absolute Gasteiger partial charge is 0.392 e. The number of hydrogen-bond donors (Lipinski definition) is 4. The summed E-state index contributed by atoms with van der Waals surface area (Å²) in [4.78, 5) is 23.5. The van der Waals surface area contributed by atoms with Crippen molar-refractivity contribution < 1.29 is 29.4 Å². The van der Waals surface area contributed by atoms with Gasteiger partial charge in [-0.15, -0.1) is 5.10 Å². The Morgan fingerprint density at radius 1 is 0.840 bits per heavy atom. The van der Waals surface area contributed by atoms with Crippen molar-refractivity contribution in [1.82, 2.24) is 31.0 Å². The van der Waals surface area contributed by atoms with Crippen LogP contribution in [0.2, 0.25) is 0 Å². The molecule has 3 atom stereocenters. The zero-order valence-electron chi connectivity index (χ0n) is 27.2. The number of rotatable bonds is 14. The number of nitrogens with one attached hydrogen (secondary N) is 2. The van der Waals surface area contributed by atoms with Crippen molar-refractivity contribution >= 4 is 23.6 Å². The lowest BCUT2D eigenvalue weighted by molar-refractivity contribution is -0.245. The van der Waals surface area contributed by atoms with Gasteiger partial charge in [0.2, 0.25) is 17.0 Å². The number of aliphatic hydroxyl groups is 1. The fraction of sp³-hybridized carbons (Fsp3) is 0.270. The third-order valence-electron chi connectivity index (χ3n) is 8.30. The van der Waals surface area contributed by atoms with Crippen molar-refractivity contribution in [2.24, 2.45) is 0 Å². The molecule has 13 heteroatoms. The highest BCUT2D eigenvalue weighted by atomic mass is 32.2. The van der Waals surface area contributed by atoms with Crippen LogP contribution in [-0.2, 0) is 32.2 Å². The molecule has 1 fully saturated rings. The van der Waals surface area contributed by atoms with Gasteiger partial charge in [0.15, 0.2) is 6.29 Å². The second-order valence-electron chi connectivity index (χ2n) is 11.9. The SMILES string of the molecule is O=C(CCCC(=O)NCc1cccc(-c2cccc(C3OC(CSc4nnnn4-c4ccccc4)CC(c4ccc(CO)cc4)O3)c2)c1)NO. The van der Waals surface area contributed by atoms with Crippen molar-refractivity contribution in [3.8, 4) is 16.8 Å². The summed E-state index contributed by atoms with van der Waals surface area (Å²) in [5.74, 6) is -0.0831. The quantitative estimate of drug-likeness (QED) is 0.0669. The van der Waals surface area contributed by atoms with Crippen molar-refractivity contribution in [1.29, 1.82) is 0 Å². The topological polar surface area (TPSA) is 161 Å². The van der Waals surface area contributed by atoms with E-state index in [1.165, 1.54) is 11.8 Å². The molecule has 12 nitrogen and oxygen atoms in total. The van der Waals surface area contributed by atoms with Crippen LogP contribution in [0, 0.1) is 0 Å². The number of thioether (sulfide) groups is 1. The number of para-hydroxylation sites is 1. The predicted octanol–water partition coefficient (Wildman–Crippen LogP) is 5.45. The molecule has 258 valence electrons. The van der Waals surface area contributed by atoms with E-state index in [4.69, 9.17) is 14.7 Å². The van der Waals surface area contributed by atoms with Gasteiger partial charge in [-0.2, -0.15) is 4.68 Å². The Hall–Kier alpha value is -4.92. The summed E-state index contributed by atoms with van der Waals surface area (Å²) in [7, 11) is 0. The Kier molecular flexibility index (Phi) is 12.0. The van der Waals surface area contributed by atoms with E-state index < -0.39 is 12.2 Å². The zero-order chi connectivity index (χ0) is 34.7. The van der Waals surface area contributed by atoms with Gasteiger partial charge >= 0.3 is 0 Å². The molecule has 0 aliphatic carbocycles. The summed E-state index contributed by atoms with van der Waals surface area (Å²) in [6, 6.07) is 33.6. The summed E-state index contributed by atoms with van der Waals surface area (Å²) in [5.41, 5.74) is 8.03. The maximum absolute atomic E-state index is 12.3. The van der Waals surface area contributed by atoms with Crippen LogP contribution >= 0.6 is 11.8 Å². The summed E-state index contributed by atoms with van der Waals surface area (Å²) in [6.45, 7) is 0.315. The normalized spacial score (nSPS) is 17.3.